The fourth-order valence-corrected chi connectivity index (χ4v) is 3.09. The minimum Gasteiger partial charge on any atom is -0.480 e. The predicted molar refractivity (Wildman–Crippen MR) is 95.1 cm³/mol. The zero-order chi connectivity index (χ0) is 17.7. The first-order chi connectivity index (χ1) is 11.4. The van der Waals surface area contributed by atoms with Crippen LogP contribution in [0.25, 0.3) is 5.65 Å². The lowest BCUT2D eigenvalue weighted by molar-refractivity contribution is -0.143. The number of aryl methyl sites for hydroxylation is 1. The Hall–Kier alpha value is -2.02. The van der Waals surface area contributed by atoms with Gasteiger partial charge in [-0.2, -0.15) is 0 Å². The van der Waals surface area contributed by atoms with Crippen LogP contribution in [0.5, 0.6) is 0 Å². The summed E-state index contributed by atoms with van der Waals surface area (Å²) in [5.74, 6) is -0.522. The smallest absolute Gasteiger partial charge is 0.326 e. The molecule has 0 fully saturated rings. The van der Waals surface area contributed by atoms with Crippen LogP contribution in [0, 0.1) is 12.8 Å². The SMILES string of the molecule is CC[C@H](C)[C@H](NC(=O)CSCc1cn2cc(C)ccc2n1)C(=O)O. The maximum atomic E-state index is 12.0. The lowest BCUT2D eigenvalue weighted by Gasteiger charge is -2.19. The maximum absolute atomic E-state index is 12.0. The van der Waals surface area contributed by atoms with Gasteiger partial charge in [-0.1, -0.05) is 26.3 Å². The van der Waals surface area contributed by atoms with Gasteiger partial charge in [0.15, 0.2) is 0 Å². The zero-order valence-electron chi connectivity index (χ0n) is 14.2. The Morgan fingerprint density at radius 1 is 1.38 bits per heavy atom. The van der Waals surface area contributed by atoms with Crippen molar-refractivity contribution in [2.45, 2.75) is 39.0 Å². The highest BCUT2D eigenvalue weighted by Crippen LogP contribution is 2.14. The Labute approximate surface area is 145 Å². The van der Waals surface area contributed by atoms with Gasteiger partial charge in [-0.3, -0.25) is 4.79 Å². The first-order valence-corrected chi connectivity index (χ1v) is 9.10. The summed E-state index contributed by atoms with van der Waals surface area (Å²) < 4.78 is 1.97. The van der Waals surface area contributed by atoms with E-state index in [2.05, 4.69) is 10.3 Å². The summed E-state index contributed by atoms with van der Waals surface area (Å²) in [6.07, 6.45) is 4.66. The van der Waals surface area contributed by atoms with E-state index in [0.717, 1.165) is 16.9 Å². The summed E-state index contributed by atoms with van der Waals surface area (Å²) in [6.45, 7) is 5.76. The van der Waals surface area contributed by atoms with Gasteiger partial charge in [-0.25, -0.2) is 9.78 Å². The number of fused-ring (bicyclic) bond motifs is 1. The van der Waals surface area contributed by atoms with Crippen LogP contribution in [0.4, 0.5) is 0 Å². The third kappa shape index (κ3) is 4.74. The topological polar surface area (TPSA) is 83.7 Å². The molecule has 2 rings (SSSR count). The summed E-state index contributed by atoms with van der Waals surface area (Å²) in [5.41, 5.74) is 2.93. The molecule has 2 aromatic heterocycles. The van der Waals surface area contributed by atoms with Crippen LogP contribution in [-0.4, -0.2) is 38.2 Å². The average Bonchev–Trinajstić information content (AvgIpc) is 2.93. The number of carbonyl (C=O) groups is 2. The van der Waals surface area contributed by atoms with Crippen molar-refractivity contribution in [2.75, 3.05) is 5.75 Å². The molecule has 0 saturated carbocycles. The zero-order valence-corrected chi connectivity index (χ0v) is 15.0. The van der Waals surface area contributed by atoms with E-state index in [-0.39, 0.29) is 17.6 Å². The van der Waals surface area contributed by atoms with E-state index in [1.54, 1.807) is 0 Å². The van der Waals surface area contributed by atoms with Crippen LogP contribution in [0.15, 0.2) is 24.5 Å². The molecule has 0 aliphatic carbocycles. The van der Waals surface area contributed by atoms with Gasteiger partial charge in [0.2, 0.25) is 5.91 Å². The van der Waals surface area contributed by atoms with Gasteiger partial charge in [-0.15, -0.1) is 11.8 Å². The van der Waals surface area contributed by atoms with Gasteiger partial charge < -0.3 is 14.8 Å². The van der Waals surface area contributed by atoms with Crippen molar-refractivity contribution >= 4 is 29.3 Å². The first-order valence-electron chi connectivity index (χ1n) is 7.94. The molecule has 0 unspecified atom stereocenters. The number of pyridine rings is 1. The summed E-state index contributed by atoms with van der Waals surface area (Å²) >= 11 is 1.43. The molecule has 0 saturated heterocycles. The van der Waals surface area contributed by atoms with Crippen molar-refractivity contribution in [2.24, 2.45) is 5.92 Å². The molecule has 2 heterocycles. The monoisotopic (exact) mass is 349 g/mol. The van der Waals surface area contributed by atoms with Crippen LogP contribution in [-0.2, 0) is 15.3 Å². The second-order valence-corrected chi connectivity index (χ2v) is 6.95. The number of amides is 1. The number of aliphatic carboxylic acids is 1. The summed E-state index contributed by atoms with van der Waals surface area (Å²) in [5, 5.41) is 11.8. The Morgan fingerprint density at radius 2 is 2.12 bits per heavy atom. The minimum atomic E-state index is -0.988. The summed E-state index contributed by atoms with van der Waals surface area (Å²) in [6, 6.07) is 3.13. The summed E-state index contributed by atoms with van der Waals surface area (Å²) in [4.78, 5) is 27.7. The number of thioether (sulfide) groups is 1. The lowest BCUT2D eigenvalue weighted by Crippen LogP contribution is -2.45. The number of aromatic nitrogens is 2. The van der Waals surface area contributed by atoms with E-state index in [0.29, 0.717) is 12.2 Å². The predicted octanol–water partition coefficient (Wildman–Crippen LogP) is 2.49. The molecule has 0 aliphatic rings. The third-order valence-electron chi connectivity index (χ3n) is 3.93. The molecule has 6 nitrogen and oxygen atoms in total. The van der Waals surface area contributed by atoms with Crippen LogP contribution in [0.3, 0.4) is 0 Å². The largest absolute Gasteiger partial charge is 0.480 e. The molecule has 0 spiro atoms. The molecular formula is C17H23N3O3S. The molecule has 2 atom stereocenters. The van der Waals surface area contributed by atoms with E-state index in [4.69, 9.17) is 0 Å². The highest BCUT2D eigenvalue weighted by Gasteiger charge is 2.25. The van der Waals surface area contributed by atoms with E-state index < -0.39 is 12.0 Å². The number of carboxylic acids is 1. The molecule has 0 bridgehead atoms. The Bertz CT molecular complexity index is 729. The lowest BCUT2D eigenvalue weighted by atomic mass is 9.99. The van der Waals surface area contributed by atoms with Gasteiger partial charge in [0.25, 0.3) is 0 Å². The van der Waals surface area contributed by atoms with E-state index in [1.165, 1.54) is 11.8 Å². The van der Waals surface area contributed by atoms with Gasteiger partial charge in [-0.05, 0) is 24.5 Å². The number of nitrogens with one attached hydrogen (secondary N) is 1. The van der Waals surface area contributed by atoms with Gasteiger partial charge >= 0.3 is 5.97 Å². The second kappa shape index (κ2) is 8.19. The van der Waals surface area contributed by atoms with Crippen molar-refractivity contribution < 1.29 is 14.7 Å². The molecule has 0 radical (unpaired) electrons. The molecule has 0 aliphatic heterocycles. The number of carboxylic acid groups (broad SMARTS) is 1. The molecule has 7 heteroatoms. The van der Waals surface area contributed by atoms with Crippen LogP contribution in [0.2, 0.25) is 0 Å². The van der Waals surface area contributed by atoms with Crippen LogP contribution < -0.4 is 5.32 Å². The van der Waals surface area contributed by atoms with Gasteiger partial charge in [0.05, 0.1) is 11.4 Å². The molecule has 1 amide bonds. The van der Waals surface area contributed by atoms with E-state index >= 15 is 0 Å². The normalized spacial score (nSPS) is 13.6. The highest BCUT2D eigenvalue weighted by molar-refractivity contribution is 7.99. The molecule has 24 heavy (non-hydrogen) atoms. The average molecular weight is 349 g/mol. The van der Waals surface area contributed by atoms with Crippen molar-refractivity contribution in [3.63, 3.8) is 0 Å². The van der Waals surface area contributed by atoms with Gasteiger partial charge in [0, 0.05) is 18.1 Å². The number of rotatable bonds is 8. The third-order valence-corrected chi connectivity index (χ3v) is 4.89. The molecule has 0 aromatic carbocycles. The Morgan fingerprint density at radius 3 is 2.79 bits per heavy atom. The number of hydrogen-bond donors (Lipinski definition) is 2. The second-order valence-electron chi connectivity index (χ2n) is 5.97. The number of carbonyl (C=O) groups excluding carboxylic acids is 1. The number of nitrogens with zero attached hydrogens (tertiary/aromatic N) is 2. The van der Waals surface area contributed by atoms with Crippen LogP contribution >= 0.6 is 11.8 Å². The molecule has 2 aromatic rings. The standard InChI is InChI=1S/C17H23N3O3S/c1-4-12(3)16(17(22)23)19-15(21)10-24-9-13-8-20-7-11(2)5-6-14(20)18-13/h5-8,12,16H,4,9-10H2,1-3H3,(H,19,21)(H,22,23)/t12-,16-/m0/s1. The fourth-order valence-electron chi connectivity index (χ4n) is 2.37. The van der Waals surface area contributed by atoms with E-state index in [9.17, 15) is 14.7 Å². The minimum absolute atomic E-state index is 0.0990. The summed E-state index contributed by atoms with van der Waals surface area (Å²) in [7, 11) is 0. The van der Waals surface area contributed by atoms with Gasteiger partial charge in [0.1, 0.15) is 11.7 Å². The molecule has 2 N–H and O–H groups in total. The Balaban J connectivity index is 1.86. The Kier molecular flexibility index (Phi) is 6.25. The van der Waals surface area contributed by atoms with Crippen LogP contribution in [0.1, 0.15) is 31.5 Å². The highest BCUT2D eigenvalue weighted by atomic mass is 32.2. The van der Waals surface area contributed by atoms with Crippen molar-refractivity contribution in [3.05, 3.63) is 35.8 Å². The van der Waals surface area contributed by atoms with Crippen molar-refractivity contribution in [1.82, 2.24) is 14.7 Å². The maximum Gasteiger partial charge on any atom is 0.326 e. The number of imidazole rings is 1. The quantitative estimate of drug-likeness (QED) is 0.765. The van der Waals surface area contributed by atoms with E-state index in [1.807, 2.05) is 49.7 Å². The first kappa shape index (κ1) is 18.3. The number of hydrogen-bond acceptors (Lipinski definition) is 4. The molecule has 130 valence electrons. The van der Waals surface area contributed by atoms with Crippen molar-refractivity contribution in [3.8, 4) is 0 Å². The van der Waals surface area contributed by atoms with Crippen molar-refractivity contribution in [1.29, 1.82) is 0 Å². The molecular weight excluding hydrogens is 326 g/mol. The fraction of sp³-hybridized carbons (Fsp3) is 0.471.